The van der Waals surface area contributed by atoms with Gasteiger partial charge in [-0.3, -0.25) is 9.10 Å². The van der Waals surface area contributed by atoms with Gasteiger partial charge in [-0.15, -0.1) is 0 Å². The third kappa shape index (κ3) is 6.56. The van der Waals surface area contributed by atoms with Crippen molar-refractivity contribution in [3.05, 3.63) is 30.1 Å². The predicted molar refractivity (Wildman–Crippen MR) is 90.3 cm³/mol. The molecular formula is C16H25FN2O3S. The summed E-state index contributed by atoms with van der Waals surface area (Å²) < 4.78 is 37.9. The summed E-state index contributed by atoms with van der Waals surface area (Å²) in [6.07, 6.45) is 1.72. The Balaban J connectivity index is 2.63. The van der Waals surface area contributed by atoms with E-state index in [2.05, 4.69) is 5.32 Å². The summed E-state index contributed by atoms with van der Waals surface area (Å²) in [5, 5.41) is 2.88. The Morgan fingerprint density at radius 2 is 1.78 bits per heavy atom. The van der Waals surface area contributed by atoms with Gasteiger partial charge in [0.1, 0.15) is 5.82 Å². The van der Waals surface area contributed by atoms with E-state index in [0.29, 0.717) is 18.0 Å². The maximum absolute atomic E-state index is 13.0. The molecule has 1 aromatic rings. The van der Waals surface area contributed by atoms with Gasteiger partial charge in [0, 0.05) is 19.0 Å². The van der Waals surface area contributed by atoms with Crippen LogP contribution in [0.2, 0.25) is 0 Å². The molecule has 7 heteroatoms. The molecule has 1 atom stereocenters. The van der Waals surface area contributed by atoms with Crippen LogP contribution in [0.1, 0.15) is 33.6 Å². The van der Waals surface area contributed by atoms with Gasteiger partial charge in [0.05, 0.1) is 11.9 Å². The maximum Gasteiger partial charge on any atom is 0.232 e. The number of carbonyl (C=O) groups is 1. The topological polar surface area (TPSA) is 66.5 Å². The lowest BCUT2D eigenvalue weighted by atomic mass is 10.1. The summed E-state index contributed by atoms with van der Waals surface area (Å²) in [6, 6.07) is 5.33. The third-order valence-electron chi connectivity index (χ3n) is 3.67. The van der Waals surface area contributed by atoms with Gasteiger partial charge in [0.25, 0.3) is 0 Å². The van der Waals surface area contributed by atoms with E-state index < -0.39 is 15.8 Å². The lowest BCUT2D eigenvalue weighted by molar-refractivity contribution is -0.122. The van der Waals surface area contributed by atoms with E-state index in [9.17, 15) is 17.6 Å². The van der Waals surface area contributed by atoms with E-state index in [1.807, 2.05) is 20.8 Å². The first-order valence-corrected chi connectivity index (χ1v) is 9.48. The highest BCUT2D eigenvalue weighted by Gasteiger charge is 2.18. The van der Waals surface area contributed by atoms with Crippen LogP contribution in [0.5, 0.6) is 0 Å². The van der Waals surface area contributed by atoms with E-state index in [4.69, 9.17) is 0 Å². The summed E-state index contributed by atoms with van der Waals surface area (Å²) in [5.74, 6) is -0.186. The summed E-state index contributed by atoms with van der Waals surface area (Å²) in [5.41, 5.74) is 0.393. The number of hydrogen-bond donors (Lipinski definition) is 1. The Morgan fingerprint density at radius 1 is 1.22 bits per heavy atom. The van der Waals surface area contributed by atoms with Crippen LogP contribution in [0, 0.1) is 11.7 Å². The average molecular weight is 344 g/mol. The first-order chi connectivity index (χ1) is 10.6. The lowest BCUT2D eigenvalue weighted by Gasteiger charge is -2.22. The number of carbonyl (C=O) groups excluding carboxylic acids is 1. The van der Waals surface area contributed by atoms with E-state index in [1.54, 1.807) is 0 Å². The molecule has 0 unspecified atom stereocenters. The van der Waals surface area contributed by atoms with Crippen LogP contribution in [-0.4, -0.2) is 33.2 Å². The Kier molecular flexibility index (Phi) is 7.00. The van der Waals surface area contributed by atoms with Crippen molar-refractivity contribution < 1.29 is 17.6 Å². The molecule has 0 aliphatic heterocycles. The van der Waals surface area contributed by atoms with Crippen molar-refractivity contribution in [2.75, 3.05) is 17.1 Å². The molecule has 0 heterocycles. The minimum absolute atomic E-state index is 0.0746. The molecule has 0 radical (unpaired) electrons. The van der Waals surface area contributed by atoms with Gasteiger partial charge in [0.2, 0.25) is 15.9 Å². The number of hydrogen-bond acceptors (Lipinski definition) is 3. The van der Waals surface area contributed by atoms with Crippen LogP contribution in [0.4, 0.5) is 10.1 Å². The van der Waals surface area contributed by atoms with Crippen LogP contribution in [-0.2, 0) is 14.8 Å². The molecule has 23 heavy (non-hydrogen) atoms. The monoisotopic (exact) mass is 344 g/mol. The van der Waals surface area contributed by atoms with Crippen LogP contribution in [0.25, 0.3) is 0 Å². The number of rotatable bonds is 8. The second-order valence-corrected chi connectivity index (χ2v) is 7.92. The predicted octanol–water partition coefficient (Wildman–Crippen LogP) is 2.53. The SMILES string of the molecule is CC(C)[C@@H](C)NC(=O)CCCN(c1ccc(F)cc1)S(C)(=O)=O. The first-order valence-electron chi connectivity index (χ1n) is 7.64. The summed E-state index contributed by atoms with van der Waals surface area (Å²) in [6.45, 7) is 6.15. The zero-order valence-electron chi connectivity index (χ0n) is 14.0. The largest absolute Gasteiger partial charge is 0.353 e. The van der Waals surface area contributed by atoms with Crippen LogP contribution < -0.4 is 9.62 Å². The number of sulfonamides is 1. The minimum atomic E-state index is -3.49. The molecule has 0 aliphatic rings. The highest BCUT2D eigenvalue weighted by Crippen LogP contribution is 2.18. The Hall–Kier alpha value is -1.63. The number of benzene rings is 1. The first kappa shape index (κ1) is 19.4. The van der Waals surface area contributed by atoms with E-state index >= 15 is 0 Å². The van der Waals surface area contributed by atoms with Crippen molar-refractivity contribution in [1.82, 2.24) is 5.32 Å². The molecule has 0 saturated heterocycles. The number of nitrogens with zero attached hydrogens (tertiary/aromatic N) is 1. The Bertz CT molecular complexity index is 615. The number of nitrogens with one attached hydrogen (secondary N) is 1. The summed E-state index contributed by atoms with van der Waals surface area (Å²) in [7, 11) is -3.49. The van der Waals surface area contributed by atoms with Crippen molar-refractivity contribution in [2.24, 2.45) is 5.92 Å². The zero-order chi connectivity index (χ0) is 17.6. The Labute approximate surface area is 137 Å². The molecule has 0 saturated carbocycles. The lowest BCUT2D eigenvalue weighted by Crippen LogP contribution is -2.37. The van der Waals surface area contributed by atoms with Crippen molar-refractivity contribution in [3.63, 3.8) is 0 Å². The van der Waals surface area contributed by atoms with Crippen LogP contribution >= 0.6 is 0 Å². The number of amides is 1. The molecule has 1 aromatic carbocycles. The van der Waals surface area contributed by atoms with Gasteiger partial charge in [-0.25, -0.2) is 12.8 Å². The van der Waals surface area contributed by atoms with Crippen LogP contribution in [0.15, 0.2) is 24.3 Å². The molecule has 1 rings (SSSR count). The Morgan fingerprint density at radius 3 is 2.26 bits per heavy atom. The van der Waals surface area contributed by atoms with Crippen molar-refractivity contribution in [1.29, 1.82) is 0 Å². The van der Waals surface area contributed by atoms with E-state index in [-0.39, 0.29) is 24.9 Å². The second-order valence-electron chi connectivity index (χ2n) is 6.02. The fourth-order valence-corrected chi connectivity index (χ4v) is 2.94. The third-order valence-corrected chi connectivity index (χ3v) is 4.86. The number of halogens is 1. The molecule has 0 fully saturated rings. The second kappa shape index (κ2) is 8.29. The number of anilines is 1. The fourth-order valence-electron chi connectivity index (χ4n) is 1.97. The quantitative estimate of drug-likeness (QED) is 0.788. The van der Waals surface area contributed by atoms with Gasteiger partial charge in [-0.1, -0.05) is 13.8 Å². The highest BCUT2D eigenvalue weighted by molar-refractivity contribution is 7.92. The van der Waals surface area contributed by atoms with Crippen molar-refractivity contribution in [3.8, 4) is 0 Å². The van der Waals surface area contributed by atoms with Crippen LogP contribution in [0.3, 0.4) is 0 Å². The van der Waals surface area contributed by atoms with E-state index in [1.165, 1.54) is 28.6 Å². The standard InChI is InChI=1S/C16H25FN2O3S/c1-12(2)13(3)18-16(20)6-5-11-19(23(4,21)22)15-9-7-14(17)8-10-15/h7-10,12-13H,5-6,11H2,1-4H3,(H,18,20)/t13-/m1/s1. The van der Waals surface area contributed by atoms with E-state index in [0.717, 1.165) is 6.26 Å². The smallest absolute Gasteiger partial charge is 0.232 e. The fraction of sp³-hybridized carbons (Fsp3) is 0.562. The van der Waals surface area contributed by atoms with Gasteiger partial charge in [-0.2, -0.15) is 0 Å². The van der Waals surface area contributed by atoms with Gasteiger partial charge >= 0.3 is 0 Å². The van der Waals surface area contributed by atoms with Crippen molar-refractivity contribution >= 4 is 21.6 Å². The summed E-state index contributed by atoms with van der Waals surface area (Å²) >= 11 is 0. The molecule has 0 spiro atoms. The van der Waals surface area contributed by atoms with Gasteiger partial charge < -0.3 is 5.32 Å². The highest BCUT2D eigenvalue weighted by atomic mass is 32.2. The van der Waals surface area contributed by atoms with Crippen molar-refractivity contribution in [2.45, 2.75) is 39.7 Å². The summed E-state index contributed by atoms with van der Waals surface area (Å²) in [4.78, 5) is 11.8. The molecule has 0 aliphatic carbocycles. The minimum Gasteiger partial charge on any atom is -0.353 e. The normalized spacial score (nSPS) is 13.0. The molecule has 0 bridgehead atoms. The molecule has 1 N–H and O–H groups in total. The van der Waals surface area contributed by atoms with Gasteiger partial charge in [-0.05, 0) is 43.5 Å². The molecule has 0 aromatic heterocycles. The van der Waals surface area contributed by atoms with Gasteiger partial charge in [0.15, 0.2) is 0 Å². The molecule has 5 nitrogen and oxygen atoms in total. The maximum atomic E-state index is 13.0. The molecular weight excluding hydrogens is 319 g/mol. The molecule has 130 valence electrons. The zero-order valence-corrected chi connectivity index (χ0v) is 14.9. The average Bonchev–Trinajstić information content (AvgIpc) is 2.43. The molecule has 1 amide bonds.